The zero-order valence-electron chi connectivity index (χ0n) is 8.27. The lowest BCUT2D eigenvalue weighted by atomic mass is 10.0. The van der Waals surface area contributed by atoms with E-state index in [4.69, 9.17) is 16.3 Å². The highest BCUT2D eigenvalue weighted by Crippen LogP contribution is 2.06. The van der Waals surface area contributed by atoms with Crippen LogP contribution in [0.5, 0.6) is 0 Å². The Morgan fingerprint density at radius 1 is 1.42 bits per heavy atom. The number of hydrogen-bond acceptors (Lipinski definition) is 2. The van der Waals surface area contributed by atoms with E-state index in [2.05, 4.69) is 19.2 Å². The number of rotatable bonds is 7. The van der Waals surface area contributed by atoms with Gasteiger partial charge in [0.1, 0.15) is 0 Å². The first kappa shape index (κ1) is 12.2. The van der Waals surface area contributed by atoms with Crippen molar-refractivity contribution in [3.8, 4) is 0 Å². The Kier molecular flexibility index (Phi) is 7.98. The van der Waals surface area contributed by atoms with Crippen LogP contribution in [0.15, 0.2) is 0 Å². The Morgan fingerprint density at radius 2 is 2.08 bits per heavy atom. The molecular formula is C9H20ClNO. The molecule has 0 aromatic carbocycles. The minimum atomic E-state index is 0.526. The Labute approximate surface area is 80.6 Å². The zero-order valence-corrected chi connectivity index (χ0v) is 9.03. The van der Waals surface area contributed by atoms with E-state index >= 15 is 0 Å². The lowest BCUT2D eigenvalue weighted by Gasteiger charge is -2.21. The van der Waals surface area contributed by atoms with Crippen LogP contribution in [0.25, 0.3) is 0 Å². The topological polar surface area (TPSA) is 21.3 Å². The molecule has 1 atom stereocenters. The average Bonchev–Trinajstić information content (AvgIpc) is 2.03. The summed E-state index contributed by atoms with van der Waals surface area (Å²) in [6.45, 7) is 6.09. The number of hydrogen-bond donors (Lipinski definition) is 1. The first-order valence-corrected chi connectivity index (χ1v) is 5.04. The summed E-state index contributed by atoms with van der Waals surface area (Å²) >= 11 is 5.68. The highest BCUT2D eigenvalue weighted by molar-refractivity contribution is 6.17. The predicted molar refractivity (Wildman–Crippen MR) is 53.8 cm³/mol. The molecule has 74 valence electrons. The molecule has 2 nitrogen and oxygen atoms in total. The van der Waals surface area contributed by atoms with Gasteiger partial charge >= 0.3 is 0 Å². The Hall–Kier alpha value is 0.210. The van der Waals surface area contributed by atoms with Crippen molar-refractivity contribution in [1.82, 2.24) is 5.32 Å². The molecule has 0 saturated heterocycles. The van der Waals surface area contributed by atoms with Crippen molar-refractivity contribution in [2.75, 3.05) is 26.1 Å². The third-order valence-electron chi connectivity index (χ3n) is 1.94. The molecule has 0 fully saturated rings. The fourth-order valence-corrected chi connectivity index (χ4v) is 1.37. The molecule has 0 saturated carbocycles. The fourth-order valence-electron chi connectivity index (χ4n) is 1.14. The number of alkyl halides is 1. The van der Waals surface area contributed by atoms with Crippen molar-refractivity contribution < 1.29 is 4.74 Å². The van der Waals surface area contributed by atoms with Crippen LogP contribution in [-0.4, -0.2) is 32.2 Å². The van der Waals surface area contributed by atoms with Crippen LogP contribution < -0.4 is 5.32 Å². The van der Waals surface area contributed by atoms with Gasteiger partial charge in [0.05, 0.1) is 6.61 Å². The van der Waals surface area contributed by atoms with E-state index in [-0.39, 0.29) is 0 Å². The molecule has 1 unspecified atom stereocenters. The second kappa shape index (κ2) is 7.84. The van der Waals surface area contributed by atoms with Crippen LogP contribution in [-0.2, 0) is 4.74 Å². The van der Waals surface area contributed by atoms with Gasteiger partial charge < -0.3 is 10.1 Å². The molecule has 0 aliphatic rings. The summed E-state index contributed by atoms with van der Waals surface area (Å²) in [5.74, 6) is 1.36. The highest BCUT2D eigenvalue weighted by atomic mass is 35.5. The van der Waals surface area contributed by atoms with E-state index in [1.165, 1.54) is 0 Å². The molecular weight excluding hydrogens is 174 g/mol. The summed E-state index contributed by atoms with van der Waals surface area (Å²) in [5.41, 5.74) is 0. The second-order valence-electron chi connectivity index (χ2n) is 3.28. The van der Waals surface area contributed by atoms with E-state index in [1.807, 2.05) is 0 Å². The lowest BCUT2D eigenvalue weighted by molar-refractivity contribution is 0.191. The van der Waals surface area contributed by atoms with Crippen molar-refractivity contribution >= 4 is 11.6 Å². The second-order valence-corrected chi connectivity index (χ2v) is 3.65. The van der Waals surface area contributed by atoms with Crippen molar-refractivity contribution in [1.29, 1.82) is 0 Å². The van der Waals surface area contributed by atoms with E-state index in [9.17, 15) is 0 Å². The Morgan fingerprint density at radius 3 is 2.50 bits per heavy atom. The molecule has 0 radical (unpaired) electrons. The molecule has 0 aliphatic carbocycles. The average molecular weight is 194 g/mol. The monoisotopic (exact) mass is 193 g/mol. The molecule has 1 N–H and O–H groups in total. The molecule has 0 aliphatic heterocycles. The fraction of sp³-hybridized carbons (Fsp3) is 1.00. The van der Waals surface area contributed by atoms with E-state index in [0.717, 1.165) is 25.5 Å². The molecule has 0 heterocycles. The molecule has 0 amide bonds. The quantitative estimate of drug-likeness (QED) is 0.493. The third-order valence-corrected chi connectivity index (χ3v) is 2.16. The maximum atomic E-state index is 5.68. The molecule has 3 heteroatoms. The summed E-state index contributed by atoms with van der Waals surface area (Å²) < 4.78 is 4.95. The number of methoxy groups -OCH3 is 1. The first-order chi connectivity index (χ1) is 5.72. The highest BCUT2D eigenvalue weighted by Gasteiger charge is 2.10. The Balaban J connectivity index is 3.49. The number of halogens is 1. The number of nitrogens with one attached hydrogen (secondary N) is 1. The summed E-state index contributed by atoms with van der Waals surface area (Å²) in [4.78, 5) is 0. The van der Waals surface area contributed by atoms with Crippen molar-refractivity contribution in [3.05, 3.63) is 0 Å². The summed E-state index contributed by atoms with van der Waals surface area (Å²) in [6.07, 6.45) is 1.03. The molecule has 0 aromatic heterocycles. The van der Waals surface area contributed by atoms with Crippen LogP contribution in [0.1, 0.15) is 20.3 Å². The zero-order chi connectivity index (χ0) is 9.40. The minimum Gasteiger partial charge on any atom is -0.383 e. The van der Waals surface area contributed by atoms with E-state index in [1.54, 1.807) is 7.11 Å². The van der Waals surface area contributed by atoms with Gasteiger partial charge in [0.25, 0.3) is 0 Å². The first-order valence-electron chi connectivity index (χ1n) is 4.50. The standard InChI is InChI=1S/C9H20ClNO/c1-8(2)9(4-5-10)11-6-7-12-3/h8-9,11H,4-7H2,1-3H3. The van der Waals surface area contributed by atoms with Crippen LogP contribution >= 0.6 is 11.6 Å². The van der Waals surface area contributed by atoms with Gasteiger partial charge in [0.15, 0.2) is 0 Å². The van der Waals surface area contributed by atoms with Crippen LogP contribution in [0.3, 0.4) is 0 Å². The van der Waals surface area contributed by atoms with Crippen molar-refractivity contribution in [2.24, 2.45) is 5.92 Å². The molecule has 0 spiro atoms. The molecule has 0 aromatic rings. The third kappa shape index (κ3) is 5.81. The lowest BCUT2D eigenvalue weighted by Crippen LogP contribution is -2.36. The van der Waals surface area contributed by atoms with E-state index < -0.39 is 0 Å². The normalized spacial score (nSPS) is 13.8. The molecule has 0 rings (SSSR count). The van der Waals surface area contributed by atoms with E-state index in [0.29, 0.717) is 12.0 Å². The summed E-state index contributed by atoms with van der Waals surface area (Å²) in [7, 11) is 1.72. The van der Waals surface area contributed by atoms with Gasteiger partial charge in [-0.3, -0.25) is 0 Å². The maximum Gasteiger partial charge on any atom is 0.0587 e. The molecule has 0 bridgehead atoms. The van der Waals surface area contributed by atoms with Crippen LogP contribution in [0.4, 0.5) is 0 Å². The minimum absolute atomic E-state index is 0.526. The van der Waals surface area contributed by atoms with Gasteiger partial charge in [-0.15, -0.1) is 11.6 Å². The summed E-state index contributed by atoms with van der Waals surface area (Å²) in [6, 6.07) is 0.526. The van der Waals surface area contributed by atoms with Gasteiger partial charge in [-0.25, -0.2) is 0 Å². The predicted octanol–water partition coefficient (Wildman–Crippen LogP) is 1.88. The molecule has 12 heavy (non-hydrogen) atoms. The maximum absolute atomic E-state index is 5.68. The van der Waals surface area contributed by atoms with Gasteiger partial charge in [-0.05, 0) is 12.3 Å². The largest absolute Gasteiger partial charge is 0.383 e. The van der Waals surface area contributed by atoms with Gasteiger partial charge in [0.2, 0.25) is 0 Å². The van der Waals surface area contributed by atoms with Crippen LogP contribution in [0.2, 0.25) is 0 Å². The van der Waals surface area contributed by atoms with Crippen LogP contribution in [0, 0.1) is 5.92 Å². The smallest absolute Gasteiger partial charge is 0.0587 e. The van der Waals surface area contributed by atoms with Gasteiger partial charge in [-0.2, -0.15) is 0 Å². The van der Waals surface area contributed by atoms with Gasteiger partial charge in [-0.1, -0.05) is 13.8 Å². The Bertz CT molecular complexity index is 98.5. The summed E-state index contributed by atoms with van der Waals surface area (Å²) in [5, 5.41) is 3.41. The van der Waals surface area contributed by atoms with Crippen molar-refractivity contribution in [2.45, 2.75) is 26.3 Å². The van der Waals surface area contributed by atoms with Gasteiger partial charge in [0, 0.05) is 25.6 Å². The van der Waals surface area contributed by atoms with Crippen molar-refractivity contribution in [3.63, 3.8) is 0 Å². The SMILES string of the molecule is COCCNC(CCCl)C(C)C. The number of ether oxygens (including phenoxy) is 1.